The van der Waals surface area contributed by atoms with Gasteiger partial charge in [-0.3, -0.25) is 4.72 Å². The van der Waals surface area contributed by atoms with E-state index in [1.54, 1.807) is 12.1 Å². The van der Waals surface area contributed by atoms with Crippen LogP contribution in [0.1, 0.15) is 38.7 Å². The second kappa shape index (κ2) is 8.64. The molecule has 1 aliphatic carbocycles. The van der Waals surface area contributed by atoms with Gasteiger partial charge in [-0.25, -0.2) is 8.42 Å². The summed E-state index contributed by atoms with van der Waals surface area (Å²) in [6.07, 6.45) is 2.96. The van der Waals surface area contributed by atoms with Crippen molar-refractivity contribution in [3.8, 4) is 23.1 Å². The molecule has 1 aromatic heterocycles. The van der Waals surface area contributed by atoms with Crippen LogP contribution in [0.3, 0.4) is 0 Å². The SMILES string of the molecule is CCCS(=O)(=O)Nc1ccc(-c2c(C#N)c3ccc(OCC)cc3n2CC2CC2)cc1. The summed E-state index contributed by atoms with van der Waals surface area (Å²) in [5, 5.41) is 10.9. The first-order valence-electron chi connectivity index (χ1n) is 10.8. The van der Waals surface area contributed by atoms with Gasteiger partial charge in [0, 0.05) is 23.7 Å². The largest absolute Gasteiger partial charge is 0.494 e. The molecule has 1 saturated carbocycles. The summed E-state index contributed by atoms with van der Waals surface area (Å²) in [5.74, 6) is 1.50. The lowest BCUT2D eigenvalue weighted by Crippen LogP contribution is -2.15. The van der Waals surface area contributed by atoms with Gasteiger partial charge < -0.3 is 9.30 Å². The quantitative estimate of drug-likeness (QED) is 0.502. The molecule has 0 radical (unpaired) electrons. The number of benzene rings is 2. The molecule has 0 bridgehead atoms. The van der Waals surface area contributed by atoms with Gasteiger partial charge in [-0.05, 0) is 61.9 Å². The molecule has 0 unspecified atom stereocenters. The van der Waals surface area contributed by atoms with E-state index in [1.807, 2.05) is 44.2 Å². The Morgan fingerprint density at radius 1 is 1.16 bits per heavy atom. The predicted octanol–water partition coefficient (Wildman–Crippen LogP) is 5.14. The minimum absolute atomic E-state index is 0.0884. The maximum Gasteiger partial charge on any atom is 0.232 e. The molecule has 0 spiro atoms. The van der Waals surface area contributed by atoms with Crippen molar-refractivity contribution in [1.82, 2.24) is 4.57 Å². The lowest BCUT2D eigenvalue weighted by Gasteiger charge is -2.13. The molecule has 31 heavy (non-hydrogen) atoms. The molecule has 162 valence electrons. The molecule has 7 heteroatoms. The van der Waals surface area contributed by atoms with Crippen LogP contribution in [-0.4, -0.2) is 25.3 Å². The molecule has 0 aliphatic heterocycles. The Balaban J connectivity index is 1.79. The van der Waals surface area contributed by atoms with Gasteiger partial charge in [0.25, 0.3) is 0 Å². The molecule has 1 fully saturated rings. The fourth-order valence-electron chi connectivity index (χ4n) is 3.94. The molecule has 1 aliphatic rings. The van der Waals surface area contributed by atoms with E-state index in [9.17, 15) is 13.7 Å². The third-order valence-electron chi connectivity index (χ3n) is 5.50. The highest BCUT2D eigenvalue weighted by molar-refractivity contribution is 7.92. The molecule has 0 amide bonds. The van der Waals surface area contributed by atoms with Gasteiger partial charge in [0.2, 0.25) is 10.0 Å². The molecule has 1 heterocycles. The number of nitriles is 1. The van der Waals surface area contributed by atoms with E-state index in [2.05, 4.69) is 15.4 Å². The molecule has 6 nitrogen and oxygen atoms in total. The second-order valence-electron chi connectivity index (χ2n) is 8.00. The average Bonchev–Trinajstić information content (AvgIpc) is 3.50. The third-order valence-corrected chi connectivity index (χ3v) is 6.99. The zero-order chi connectivity index (χ0) is 22.0. The molecular formula is C24H27N3O3S. The number of hydrogen-bond donors (Lipinski definition) is 1. The van der Waals surface area contributed by atoms with E-state index in [0.29, 0.717) is 30.2 Å². The van der Waals surface area contributed by atoms with Crippen molar-refractivity contribution >= 4 is 26.6 Å². The van der Waals surface area contributed by atoms with Gasteiger partial charge in [0.15, 0.2) is 0 Å². The van der Waals surface area contributed by atoms with E-state index in [-0.39, 0.29) is 5.75 Å². The maximum atomic E-state index is 12.1. The van der Waals surface area contributed by atoms with Crippen molar-refractivity contribution in [1.29, 1.82) is 5.26 Å². The first kappa shape index (κ1) is 21.3. The van der Waals surface area contributed by atoms with Crippen LogP contribution in [0.15, 0.2) is 42.5 Å². The molecule has 3 aromatic rings. The van der Waals surface area contributed by atoms with Gasteiger partial charge >= 0.3 is 0 Å². The fraction of sp³-hybridized carbons (Fsp3) is 0.375. The Morgan fingerprint density at radius 3 is 2.52 bits per heavy atom. The van der Waals surface area contributed by atoms with Gasteiger partial charge in [-0.2, -0.15) is 5.26 Å². The lowest BCUT2D eigenvalue weighted by atomic mass is 10.1. The van der Waals surface area contributed by atoms with Gasteiger partial charge in [-0.1, -0.05) is 19.1 Å². The molecule has 1 N–H and O–H groups in total. The molecule has 0 saturated heterocycles. The number of nitrogens with zero attached hydrogens (tertiary/aromatic N) is 2. The number of ether oxygens (including phenoxy) is 1. The van der Waals surface area contributed by atoms with Crippen LogP contribution in [-0.2, 0) is 16.6 Å². The number of sulfonamides is 1. The predicted molar refractivity (Wildman–Crippen MR) is 124 cm³/mol. The highest BCUT2D eigenvalue weighted by Gasteiger charge is 2.26. The summed E-state index contributed by atoms with van der Waals surface area (Å²) >= 11 is 0. The Hall–Kier alpha value is -2.98. The Labute approximate surface area is 183 Å². The smallest absolute Gasteiger partial charge is 0.232 e. The van der Waals surface area contributed by atoms with E-state index in [1.165, 1.54) is 12.8 Å². The average molecular weight is 438 g/mol. The maximum absolute atomic E-state index is 12.1. The first-order chi connectivity index (χ1) is 15.0. The summed E-state index contributed by atoms with van der Waals surface area (Å²) in [4.78, 5) is 0. The topological polar surface area (TPSA) is 84.1 Å². The number of aromatic nitrogens is 1. The van der Waals surface area contributed by atoms with Crippen molar-refractivity contribution in [2.45, 2.75) is 39.7 Å². The lowest BCUT2D eigenvalue weighted by molar-refractivity contribution is 0.340. The van der Waals surface area contributed by atoms with Gasteiger partial charge in [-0.15, -0.1) is 0 Å². The summed E-state index contributed by atoms with van der Waals surface area (Å²) < 4.78 is 34.7. The zero-order valence-corrected chi connectivity index (χ0v) is 18.7. The van der Waals surface area contributed by atoms with Crippen LogP contribution in [0.5, 0.6) is 5.75 Å². The highest BCUT2D eigenvalue weighted by atomic mass is 32.2. The van der Waals surface area contributed by atoms with Crippen molar-refractivity contribution < 1.29 is 13.2 Å². The number of nitrogens with one attached hydrogen (secondary N) is 1. The Kier molecular flexibility index (Phi) is 5.92. The summed E-state index contributed by atoms with van der Waals surface area (Å²) in [6.45, 7) is 5.23. The van der Waals surface area contributed by atoms with Crippen molar-refractivity contribution in [2.75, 3.05) is 17.1 Å². The fourth-order valence-corrected chi connectivity index (χ4v) is 5.08. The van der Waals surface area contributed by atoms with E-state index in [0.717, 1.165) is 34.5 Å². The normalized spacial score (nSPS) is 13.8. The zero-order valence-electron chi connectivity index (χ0n) is 17.9. The van der Waals surface area contributed by atoms with Gasteiger partial charge in [0.1, 0.15) is 11.8 Å². The summed E-state index contributed by atoms with van der Waals surface area (Å²) in [6, 6.07) is 15.6. The van der Waals surface area contributed by atoms with Crippen molar-refractivity contribution in [2.24, 2.45) is 5.92 Å². The monoisotopic (exact) mass is 437 g/mol. The molecule has 2 aromatic carbocycles. The van der Waals surface area contributed by atoms with E-state index < -0.39 is 10.0 Å². The van der Waals surface area contributed by atoms with Crippen LogP contribution in [0.25, 0.3) is 22.2 Å². The number of rotatable bonds is 9. The number of hydrogen-bond acceptors (Lipinski definition) is 4. The van der Waals surface area contributed by atoms with Crippen LogP contribution in [0, 0.1) is 17.2 Å². The molecule has 0 atom stereocenters. The van der Waals surface area contributed by atoms with Gasteiger partial charge in [0.05, 0.1) is 29.1 Å². The Bertz CT molecular complexity index is 1230. The van der Waals surface area contributed by atoms with E-state index >= 15 is 0 Å². The number of fused-ring (bicyclic) bond motifs is 1. The summed E-state index contributed by atoms with van der Waals surface area (Å²) in [7, 11) is -3.34. The third kappa shape index (κ3) is 4.54. The van der Waals surface area contributed by atoms with Crippen molar-refractivity contribution in [3.63, 3.8) is 0 Å². The van der Waals surface area contributed by atoms with Crippen LogP contribution >= 0.6 is 0 Å². The van der Waals surface area contributed by atoms with Crippen molar-refractivity contribution in [3.05, 3.63) is 48.0 Å². The van der Waals surface area contributed by atoms with Crippen LogP contribution < -0.4 is 9.46 Å². The minimum Gasteiger partial charge on any atom is -0.494 e. The standard InChI is InChI=1S/C24H27N3O3S/c1-3-13-31(28,29)26-19-9-7-18(8-10-19)24-22(15-25)21-12-11-20(30-4-2)14-23(21)27(24)16-17-5-6-17/h7-12,14,17,26H,3-6,13,16H2,1-2H3. The second-order valence-corrected chi connectivity index (χ2v) is 9.84. The number of anilines is 1. The highest BCUT2D eigenvalue weighted by Crippen LogP contribution is 2.39. The molecular weight excluding hydrogens is 410 g/mol. The summed E-state index contributed by atoms with van der Waals surface area (Å²) in [5.41, 5.74) is 3.93. The first-order valence-corrected chi connectivity index (χ1v) is 12.4. The minimum atomic E-state index is -3.34. The van der Waals surface area contributed by atoms with Crippen LogP contribution in [0.4, 0.5) is 5.69 Å². The molecule has 4 rings (SSSR count). The van der Waals surface area contributed by atoms with E-state index in [4.69, 9.17) is 4.74 Å². The van der Waals surface area contributed by atoms with Crippen LogP contribution in [0.2, 0.25) is 0 Å². The Morgan fingerprint density at radius 2 is 1.90 bits per heavy atom.